The molecule has 3 heterocycles. The molecule has 1 saturated heterocycles. The van der Waals surface area contributed by atoms with E-state index < -0.39 is 36.5 Å². The third-order valence-electron chi connectivity index (χ3n) is 5.28. The fraction of sp³-hybridized carbons (Fsp3) is 0.526. The van der Waals surface area contributed by atoms with Crippen LogP contribution in [-0.2, 0) is 25.7 Å². The predicted octanol–water partition coefficient (Wildman–Crippen LogP) is -0.890. The summed E-state index contributed by atoms with van der Waals surface area (Å²) in [4.78, 5) is 60.6. The van der Waals surface area contributed by atoms with Crippen LogP contribution in [0, 0.1) is 5.92 Å². The number of amides is 3. The number of carboxylic acid groups (broad SMARTS) is 1. The van der Waals surface area contributed by atoms with Crippen LogP contribution in [0.2, 0.25) is 0 Å². The van der Waals surface area contributed by atoms with Crippen LogP contribution in [0.3, 0.4) is 0 Å². The highest BCUT2D eigenvalue weighted by atomic mass is 16.5. The first-order chi connectivity index (χ1) is 14.2. The summed E-state index contributed by atoms with van der Waals surface area (Å²) in [5.74, 6) is -1.64. The maximum atomic E-state index is 13.1. The van der Waals surface area contributed by atoms with Crippen molar-refractivity contribution in [3.8, 4) is 0 Å². The second-order valence-electron chi connectivity index (χ2n) is 7.52. The van der Waals surface area contributed by atoms with Crippen LogP contribution in [0.15, 0.2) is 23.0 Å². The first-order valence-electron chi connectivity index (χ1n) is 9.62. The SMILES string of the molecule is CC(=O)OC[C@@H](NC(=O)CNC(=O)O)C(=O)N1CC2CC(C1)c1cccc(=O)n1C2. The second-order valence-corrected chi connectivity index (χ2v) is 7.52. The summed E-state index contributed by atoms with van der Waals surface area (Å²) in [6.07, 6.45) is -0.512. The highest BCUT2D eigenvalue weighted by molar-refractivity contribution is 5.89. The van der Waals surface area contributed by atoms with Crippen LogP contribution in [0.5, 0.6) is 0 Å². The van der Waals surface area contributed by atoms with Crippen molar-refractivity contribution in [2.24, 2.45) is 5.92 Å². The fourth-order valence-corrected chi connectivity index (χ4v) is 4.07. The van der Waals surface area contributed by atoms with E-state index in [1.807, 2.05) is 11.4 Å². The van der Waals surface area contributed by atoms with Crippen LogP contribution in [0.1, 0.15) is 25.0 Å². The van der Waals surface area contributed by atoms with Crippen LogP contribution in [0.25, 0.3) is 0 Å². The third-order valence-corrected chi connectivity index (χ3v) is 5.28. The molecular formula is C19H24N4O7. The first-order valence-corrected chi connectivity index (χ1v) is 9.62. The molecule has 1 fully saturated rings. The lowest BCUT2D eigenvalue weighted by atomic mass is 9.83. The molecule has 0 aliphatic carbocycles. The van der Waals surface area contributed by atoms with E-state index in [1.165, 1.54) is 13.0 Å². The number of nitrogens with one attached hydrogen (secondary N) is 2. The Bertz CT molecular complexity index is 912. The van der Waals surface area contributed by atoms with E-state index in [4.69, 9.17) is 9.84 Å². The number of nitrogens with zero attached hydrogens (tertiary/aromatic N) is 2. The molecule has 0 saturated carbocycles. The van der Waals surface area contributed by atoms with E-state index in [-0.39, 0.29) is 24.0 Å². The van der Waals surface area contributed by atoms with Gasteiger partial charge in [0, 0.05) is 44.2 Å². The van der Waals surface area contributed by atoms with Gasteiger partial charge in [0.25, 0.3) is 5.56 Å². The van der Waals surface area contributed by atoms with Gasteiger partial charge in [-0.05, 0) is 18.4 Å². The van der Waals surface area contributed by atoms with E-state index in [0.29, 0.717) is 19.6 Å². The van der Waals surface area contributed by atoms with Crippen molar-refractivity contribution in [2.45, 2.75) is 31.8 Å². The lowest BCUT2D eigenvalue weighted by Crippen LogP contribution is -2.57. The van der Waals surface area contributed by atoms with Gasteiger partial charge in [-0.1, -0.05) is 6.07 Å². The lowest BCUT2D eigenvalue weighted by molar-refractivity contribution is -0.147. The van der Waals surface area contributed by atoms with Crippen molar-refractivity contribution >= 4 is 23.9 Å². The zero-order chi connectivity index (χ0) is 21.8. The van der Waals surface area contributed by atoms with Crippen molar-refractivity contribution in [1.29, 1.82) is 0 Å². The van der Waals surface area contributed by atoms with E-state index in [2.05, 4.69) is 5.32 Å². The molecule has 3 amide bonds. The molecule has 3 rings (SSSR count). The van der Waals surface area contributed by atoms with Gasteiger partial charge in [0.15, 0.2) is 0 Å². The predicted molar refractivity (Wildman–Crippen MR) is 103 cm³/mol. The number of ether oxygens (including phenoxy) is 1. The Balaban J connectivity index is 1.72. The molecule has 3 atom stereocenters. The van der Waals surface area contributed by atoms with Crippen molar-refractivity contribution in [3.05, 3.63) is 34.2 Å². The Hall–Kier alpha value is -3.37. The number of hydrogen-bond acceptors (Lipinski definition) is 6. The molecule has 2 unspecified atom stereocenters. The molecule has 2 aliphatic rings. The molecule has 3 N–H and O–H groups in total. The molecule has 162 valence electrons. The monoisotopic (exact) mass is 420 g/mol. The van der Waals surface area contributed by atoms with Gasteiger partial charge in [0.1, 0.15) is 19.2 Å². The molecule has 11 nitrogen and oxygen atoms in total. The topological polar surface area (TPSA) is 147 Å². The quantitative estimate of drug-likeness (QED) is 0.506. The summed E-state index contributed by atoms with van der Waals surface area (Å²) in [7, 11) is 0. The summed E-state index contributed by atoms with van der Waals surface area (Å²) in [6.45, 7) is 1.61. The van der Waals surface area contributed by atoms with Gasteiger partial charge < -0.3 is 29.9 Å². The number of carbonyl (C=O) groups excluding carboxylic acids is 3. The van der Waals surface area contributed by atoms with Gasteiger partial charge in [-0.25, -0.2) is 4.79 Å². The number of pyridine rings is 1. The van der Waals surface area contributed by atoms with Crippen molar-refractivity contribution in [1.82, 2.24) is 20.1 Å². The van der Waals surface area contributed by atoms with Crippen molar-refractivity contribution in [2.75, 3.05) is 26.2 Å². The van der Waals surface area contributed by atoms with E-state index in [9.17, 15) is 24.0 Å². The average molecular weight is 420 g/mol. The maximum Gasteiger partial charge on any atom is 0.405 e. The van der Waals surface area contributed by atoms with Crippen molar-refractivity contribution in [3.63, 3.8) is 0 Å². The maximum absolute atomic E-state index is 13.1. The van der Waals surface area contributed by atoms with Gasteiger partial charge in [-0.2, -0.15) is 0 Å². The standard InChI is InChI=1S/C19H24N4O7/c1-11(24)30-10-14(21-16(25)6-20-19(28)29)18(27)22-7-12-5-13(9-22)15-3-2-4-17(26)23(15)8-12/h2-4,12-14,20H,5-10H2,1H3,(H,21,25)(H,28,29)/t12?,13?,14-/m1/s1. The minimum atomic E-state index is -1.37. The number of aromatic nitrogens is 1. The second kappa shape index (κ2) is 8.97. The molecule has 0 spiro atoms. The summed E-state index contributed by atoms with van der Waals surface area (Å²) >= 11 is 0. The Labute approximate surface area is 172 Å². The highest BCUT2D eigenvalue weighted by Crippen LogP contribution is 2.35. The lowest BCUT2D eigenvalue weighted by Gasteiger charge is -2.43. The first kappa shape index (κ1) is 21.3. The number of likely N-dealkylation sites (tertiary alicyclic amines) is 1. The summed E-state index contributed by atoms with van der Waals surface area (Å²) < 4.78 is 6.67. The van der Waals surface area contributed by atoms with Gasteiger partial charge in [-0.3, -0.25) is 19.2 Å². The van der Waals surface area contributed by atoms with Gasteiger partial charge in [-0.15, -0.1) is 0 Å². The van der Waals surface area contributed by atoms with E-state index >= 15 is 0 Å². The van der Waals surface area contributed by atoms with Gasteiger partial charge in [0.2, 0.25) is 11.8 Å². The number of carbonyl (C=O) groups is 4. The largest absolute Gasteiger partial charge is 0.465 e. The van der Waals surface area contributed by atoms with E-state index in [1.54, 1.807) is 15.5 Å². The van der Waals surface area contributed by atoms with Gasteiger partial charge in [0.05, 0.1) is 0 Å². The van der Waals surface area contributed by atoms with Crippen LogP contribution in [-0.4, -0.2) is 70.7 Å². The molecule has 30 heavy (non-hydrogen) atoms. The summed E-state index contributed by atoms with van der Waals surface area (Å²) in [5, 5.41) is 13.0. The fourth-order valence-electron chi connectivity index (χ4n) is 4.07. The zero-order valence-electron chi connectivity index (χ0n) is 16.5. The number of piperidine rings is 1. The minimum Gasteiger partial charge on any atom is -0.465 e. The highest BCUT2D eigenvalue weighted by Gasteiger charge is 2.38. The third kappa shape index (κ3) is 4.97. The minimum absolute atomic E-state index is 0.00546. The Morgan fingerprint density at radius 2 is 2.00 bits per heavy atom. The number of hydrogen-bond donors (Lipinski definition) is 3. The Kier molecular flexibility index (Phi) is 6.38. The molecule has 1 aromatic rings. The summed E-state index contributed by atoms with van der Waals surface area (Å²) in [5.41, 5.74) is 0.815. The van der Waals surface area contributed by atoms with Crippen LogP contribution < -0.4 is 16.2 Å². The van der Waals surface area contributed by atoms with Crippen LogP contribution in [0.4, 0.5) is 4.79 Å². The van der Waals surface area contributed by atoms with Crippen LogP contribution >= 0.6 is 0 Å². The van der Waals surface area contributed by atoms with Gasteiger partial charge >= 0.3 is 12.1 Å². The Morgan fingerprint density at radius 3 is 2.70 bits per heavy atom. The number of fused-ring (bicyclic) bond motifs is 4. The molecule has 2 aliphatic heterocycles. The molecule has 1 aromatic heterocycles. The molecule has 2 bridgehead atoms. The summed E-state index contributed by atoms with van der Waals surface area (Å²) in [6, 6.07) is 3.97. The molecular weight excluding hydrogens is 396 g/mol. The number of rotatable bonds is 6. The molecule has 11 heteroatoms. The smallest absolute Gasteiger partial charge is 0.405 e. The molecule has 0 radical (unpaired) electrons. The Morgan fingerprint density at radius 1 is 1.23 bits per heavy atom. The molecule has 0 aromatic carbocycles. The normalized spacial score (nSPS) is 20.5. The number of esters is 1. The zero-order valence-corrected chi connectivity index (χ0v) is 16.5. The average Bonchev–Trinajstić information content (AvgIpc) is 2.69. The van der Waals surface area contributed by atoms with Crippen molar-refractivity contribution < 1.29 is 29.0 Å². The van der Waals surface area contributed by atoms with E-state index in [0.717, 1.165) is 12.1 Å².